The molecule has 2 nitrogen and oxygen atoms in total. The highest BCUT2D eigenvalue weighted by molar-refractivity contribution is 6.30. The number of ketones is 1. The highest BCUT2D eigenvalue weighted by Gasteiger charge is 2.08. The van der Waals surface area contributed by atoms with Crippen LogP contribution in [0.3, 0.4) is 0 Å². The third-order valence-electron chi connectivity index (χ3n) is 3.68. The standard InChI is InChI=1S/C20H16ClNO/c21-19-9-6-17(7-10-19)15-22-13-11-16(12-14-22)5-8-18-3-1-2-4-20(18)23/h1-14H,15H2/p+1. The lowest BCUT2D eigenvalue weighted by molar-refractivity contribution is -0.806. The van der Waals surface area contributed by atoms with Gasteiger partial charge < -0.3 is 0 Å². The molecule has 114 valence electrons. The van der Waals surface area contributed by atoms with Gasteiger partial charge in [-0.25, -0.2) is 0 Å². The lowest BCUT2D eigenvalue weighted by Gasteiger charge is -2.13. The molecule has 1 heterocycles. The lowest BCUT2D eigenvalue weighted by atomic mass is 10.0. The minimum Gasteiger partial charge on any atom is -0.289 e. The SMILES string of the molecule is O=C1C=CC=CC1=CC=C1C=C[NH+](Cc2ccc(Cl)cc2)C=C1. The molecule has 1 aliphatic heterocycles. The van der Waals surface area contributed by atoms with E-state index in [9.17, 15) is 4.79 Å². The third kappa shape index (κ3) is 4.28. The highest BCUT2D eigenvalue weighted by atomic mass is 35.5. The van der Waals surface area contributed by atoms with Crippen molar-refractivity contribution in [2.24, 2.45) is 0 Å². The minimum absolute atomic E-state index is 0.0445. The Bertz CT molecular complexity index is 760. The van der Waals surface area contributed by atoms with Crippen molar-refractivity contribution in [2.75, 3.05) is 0 Å². The van der Waals surface area contributed by atoms with Crippen LogP contribution >= 0.6 is 11.6 Å². The van der Waals surface area contributed by atoms with E-state index in [1.165, 1.54) is 10.5 Å². The van der Waals surface area contributed by atoms with E-state index in [1.807, 2.05) is 48.6 Å². The Morgan fingerprint density at radius 2 is 1.61 bits per heavy atom. The predicted octanol–water partition coefficient (Wildman–Crippen LogP) is 3.31. The first-order valence-corrected chi connectivity index (χ1v) is 7.86. The van der Waals surface area contributed by atoms with Crippen molar-refractivity contribution < 1.29 is 9.69 Å². The van der Waals surface area contributed by atoms with Crippen molar-refractivity contribution in [1.82, 2.24) is 0 Å². The molecule has 1 N–H and O–H groups in total. The van der Waals surface area contributed by atoms with Crippen LogP contribution in [0.4, 0.5) is 0 Å². The summed E-state index contributed by atoms with van der Waals surface area (Å²) in [4.78, 5) is 12.9. The molecule has 0 saturated heterocycles. The molecule has 0 bridgehead atoms. The Balaban J connectivity index is 1.63. The van der Waals surface area contributed by atoms with E-state index in [4.69, 9.17) is 11.6 Å². The number of benzene rings is 1. The summed E-state index contributed by atoms with van der Waals surface area (Å²) in [5.74, 6) is 0.0445. The molecular weight excluding hydrogens is 306 g/mol. The van der Waals surface area contributed by atoms with Crippen LogP contribution in [0.15, 0.2) is 96.4 Å². The fourth-order valence-electron chi connectivity index (χ4n) is 2.39. The van der Waals surface area contributed by atoms with Crippen molar-refractivity contribution in [3.8, 4) is 0 Å². The normalized spacial score (nSPS) is 21.3. The second kappa shape index (κ2) is 7.23. The number of rotatable bonds is 3. The first-order valence-electron chi connectivity index (χ1n) is 7.48. The van der Waals surface area contributed by atoms with Gasteiger partial charge in [0.2, 0.25) is 0 Å². The summed E-state index contributed by atoms with van der Waals surface area (Å²) >= 11 is 5.90. The maximum atomic E-state index is 11.7. The van der Waals surface area contributed by atoms with Gasteiger partial charge in [-0.1, -0.05) is 54.1 Å². The van der Waals surface area contributed by atoms with E-state index in [-0.39, 0.29) is 5.78 Å². The van der Waals surface area contributed by atoms with Gasteiger partial charge in [0.05, 0.1) is 12.4 Å². The molecular formula is C20H17ClNO+. The average molecular weight is 323 g/mol. The molecule has 0 unspecified atom stereocenters. The van der Waals surface area contributed by atoms with Crippen LogP contribution in [-0.4, -0.2) is 5.78 Å². The monoisotopic (exact) mass is 322 g/mol. The summed E-state index contributed by atoms with van der Waals surface area (Å²) in [6.45, 7) is 0.880. The zero-order valence-corrected chi connectivity index (χ0v) is 13.3. The minimum atomic E-state index is 0.0445. The molecule has 3 heteroatoms. The summed E-state index contributed by atoms with van der Waals surface area (Å²) < 4.78 is 0. The van der Waals surface area contributed by atoms with Crippen LogP contribution in [-0.2, 0) is 11.3 Å². The van der Waals surface area contributed by atoms with Crippen LogP contribution in [0.25, 0.3) is 0 Å². The molecule has 0 radical (unpaired) electrons. The van der Waals surface area contributed by atoms with Gasteiger partial charge in [0, 0.05) is 16.2 Å². The molecule has 1 aromatic carbocycles. The van der Waals surface area contributed by atoms with Gasteiger partial charge in [-0.2, -0.15) is 0 Å². The number of halogens is 1. The maximum Gasteiger partial charge on any atom is 0.185 e. The second-order valence-electron chi connectivity index (χ2n) is 5.42. The summed E-state index contributed by atoms with van der Waals surface area (Å²) in [5.41, 5.74) is 3.02. The average Bonchev–Trinajstić information content (AvgIpc) is 2.58. The van der Waals surface area contributed by atoms with Gasteiger partial charge in [0.15, 0.2) is 5.78 Å². The fraction of sp³-hybridized carbons (Fsp3) is 0.0500. The molecule has 0 spiro atoms. The van der Waals surface area contributed by atoms with E-state index in [1.54, 1.807) is 12.2 Å². The summed E-state index contributed by atoms with van der Waals surface area (Å²) in [5, 5.41) is 0.757. The summed E-state index contributed by atoms with van der Waals surface area (Å²) in [6, 6.07) is 7.91. The van der Waals surface area contributed by atoms with E-state index in [2.05, 4.69) is 24.6 Å². The Hall–Kier alpha value is -2.42. The van der Waals surface area contributed by atoms with E-state index in [0.29, 0.717) is 5.57 Å². The first kappa shape index (κ1) is 15.5. The maximum absolute atomic E-state index is 11.7. The molecule has 3 rings (SSSR count). The topological polar surface area (TPSA) is 21.5 Å². The van der Waals surface area contributed by atoms with Crippen LogP contribution < -0.4 is 4.90 Å². The third-order valence-corrected chi connectivity index (χ3v) is 3.93. The van der Waals surface area contributed by atoms with Crippen molar-refractivity contribution >= 4 is 17.4 Å². The number of nitrogens with one attached hydrogen (secondary N) is 1. The molecule has 23 heavy (non-hydrogen) atoms. The fourth-order valence-corrected chi connectivity index (χ4v) is 2.51. The molecule has 0 saturated carbocycles. The van der Waals surface area contributed by atoms with E-state index < -0.39 is 0 Å². The Labute approximate surface area is 141 Å². The van der Waals surface area contributed by atoms with Gasteiger partial charge in [-0.15, -0.1) is 0 Å². The second-order valence-corrected chi connectivity index (χ2v) is 5.85. The molecule has 2 aliphatic rings. The Morgan fingerprint density at radius 1 is 0.913 bits per heavy atom. The molecule has 1 aromatic rings. The molecule has 0 amide bonds. The van der Waals surface area contributed by atoms with Gasteiger partial charge >= 0.3 is 0 Å². The van der Waals surface area contributed by atoms with Gasteiger partial charge in [-0.05, 0) is 35.9 Å². The number of hydrogen-bond acceptors (Lipinski definition) is 1. The largest absolute Gasteiger partial charge is 0.289 e. The van der Waals surface area contributed by atoms with Crippen molar-refractivity contribution in [1.29, 1.82) is 0 Å². The number of quaternary nitrogens is 1. The van der Waals surface area contributed by atoms with Crippen molar-refractivity contribution in [2.45, 2.75) is 6.54 Å². The smallest absolute Gasteiger partial charge is 0.185 e. The van der Waals surface area contributed by atoms with E-state index in [0.717, 1.165) is 17.1 Å². The lowest BCUT2D eigenvalue weighted by Crippen LogP contribution is -3.01. The highest BCUT2D eigenvalue weighted by Crippen LogP contribution is 2.10. The summed E-state index contributed by atoms with van der Waals surface area (Å²) in [7, 11) is 0. The Kier molecular flexibility index (Phi) is 4.86. The molecule has 0 fully saturated rings. The molecule has 1 aliphatic carbocycles. The first-order chi connectivity index (χ1) is 11.2. The van der Waals surface area contributed by atoms with Crippen LogP contribution in [0.2, 0.25) is 5.02 Å². The Morgan fingerprint density at radius 3 is 2.30 bits per heavy atom. The summed E-state index contributed by atoms with van der Waals surface area (Å²) in [6.07, 6.45) is 19.2. The number of carbonyl (C=O) groups excluding carboxylic acids is 1. The van der Waals surface area contributed by atoms with Crippen LogP contribution in [0, 0.1) is 0 Å². The van der Waals surface area contributed by atoms with Gasteiger partial charge in [0.1, 0.15) is 6.54 Å². The van der Waals surface area contributed by atoms with E-state index >= 15 is 0 Å². The number of allylic oxidation sites excluding steroid dienone is 10. The quantitative estimate of drug-likeness (QED) is 0.847. The zero-order valence-electron chi connectivity index (χ0n) is 12.6. The zero-order chi connectivity index (χ0) is 16.1. The van der Waals surface area contributed by atoms with Crippen LogP contribution in [0.5, 0.6) is 0 Å². The van der Waals surface area contributed by atoms with Crippen LogP contribution in [0.1, 0.15) is 5.56 Å². The predicted molar refractivity (Wildman–Crippen MR) is 93.9 cm³/mol. The van der Waals surface area contributed by atoms with Crippen molar-refractivity contribution in [3.05, 3.63) is 107 Å². The van der Waals surface area contributed by atoms with Gasteiger partial charge in [0.25, 0.3) is 0 Å². The van der Waals surface area contributed by atoms with Crippen molar-refractivity contribution in [3.63, 3.8) is 0 Å². The number of hydrogen-bond donors (Lipinski definition) is 1. The molecule has 0 atom stereocenters. The van der Waals surface area contributed by atoms with Gasteiger partial charge in [-0.3, -0.25) is 9.69 Å². The molecule has 0 aromatic heterocycles. The number of carbonyl (C=O) groups is 1.